The minimum atomic E-state index is -1.63. The van der Waals surface area contributed by atoms with Crippen LogP contribution in [-0.2, 0) is 9.53 Å². The lowest BCUT2D eigenvalue weighted by Crippen LogP contribution is -2.65. The van der Waals surface area contributed by atoms with Gasteiger partial charge in [0.05, 0.1) is 6.21 Å². The Balaban J connectivity index is 1.92. The molecule has 1 aromatic rings. The summed E-state index contributed by atoms with van der Waals surface area (Å²) in [7, 11) is 0. The monoisotopic (exact) mass is 354 g/mol. The third-order valence-electron chi connectivity index (χ3n) is 3.35. The van der Waals surface area contributed by atoms with Crippen LogP contribution >= 0.6 is 12.2 Å². The van der Waals surface area contributed by atoms with Crippen molar-refractivity contribution in [3.05, 3.63) is 35.9 Å². The number of aliphatic hydroxyl groups excluding tert-OH is 3. The summed E-state index contributed by atoms with van der Waals surface area (Å²) in [5.41, 5.74) is 8.44. The largest absolute Gasteiger partial charge is 0.387 e. The van der Waals surface area contributed by atoms with E-state index in [1.807, 2.05) is 30.3 Å². The number of rotatable bonds is 4. The second-order valence-corrected chi connectivity index (χ2v) is 5.51. The minimum absolute atomic E-state index is 0.0157. The van der Waals surface area contributed by atoms with E-state index in [9.17, 15) is 20.1 Å². The molecule has 0 spiro atoms. The van der Waals surface area contributed by atoms with E-state index in [1.54, 1.807) is 0 Å². The lowest BCUT2D eigenvalue weighted by Gasteiger charge is -2.39. The number of ether oxygens (including phenoxy) is 1. The summed E-state index contributed by atoms with van der Waals surface area (Å²) in [4.78, 5) is 11.2. The molecule has 0 radical (unpaired) electrons. The number of nitrogens with zero attached hydrogens (tertiary/aromatic N) is 1. The highest BCUT2D eigenvalue weighted by Gasteiger charge is 2.46. The summed E-state index contributed by atoms with van der Waals surface area (Å²) in [5.74, 6) is -0.971. The number of hydrogen-bond donors (Lipinski definition) is 6. The molecule has 1 amide bonds. The van der Waals surface area contributed by atoms with Gasteiger partial charge in [0.25, 0.3) is 0 Å². The van der Waals surface area contributed by atoms with E-state index in [-0.39, 0.29) is 5.11 Å². The molecular weight excluding hydrogens is 336 g/mol. The zero-order valence-electron chi connectivity index (χ0n) is 12.4. The molecule has 1 aromatic carbocycles. The van der Waals surface area contributed by atoms with E-state index >= 15 is 0 Å². The first-order valence-electron chi connectivity index (χ1n) is 7.03. The number of primary amides is 1. The molecule has 10 heteroatoms. The number of aliphatic hydroxyl groups is 3. The molecule has 24 heavy (non-hydrogen) atoms. The van der Waals surface area contributed by atoms with Crippen LogP contribution in [0.3, 0.4) is 0 Å². The Bertz CT molecular complexity index is 614. The van der Waals surface area contributed by atoms with E-state index in [4.69, 9.17) is 22.7 Å². The van der Waals surface area contributed by atoms with Crippen LogP contribution in [0, 0.1) is 0 Å². The molecule has 0 saturated carbocycles. The molecule has 1 aliphatic rings. The second kappa shape index (κ2) is 8.13. The van der Waals surface area contributed by atoms with Crippen molar-refractivity contribution in [3.63, 3.8) is 0 Å². The summed E-state index contributed by atoms with van der Waals surface area (Å²) in [6.45, 7) is 0. The van der Waals surface area contributed by atoms with E-state index in [1.165, 1.54) is 6.21 Å². The summed E-state index contributed by atoms with van der Waals surface area (Å²) < 4.78 is 5.15. The highest BCUT2D eigenvalue weighted by molar-refractivity contribution is 7.80. The number of nitrogens with one attached hydrogen (secondary N) is 2. The van der Waals surface area contributed by atoms with Crippen LogP contribution in [0.1, 0.15) is 5.56 Å². The van der Waals surface area contributed by atoms with Crippen molar-refractivity contribution < 1.29 is 24.9 Å². The third-order valence-corrected chi connectivity index (χ3v) is 3.56. The van der Waals surface area contributed by atoms with Crippen molar-refractivity contribution in [2.45, 2.75) is 30.6 Å². The normalized spacial score (nSPS) is 30.0. The van der Waals surface area contributed by atoms with Gasteiger partial charge in [0.15, 0.2) is 17.4 Å². The molecule has 0 unspecified atom stereocenters. The number of carbonyl (C=O) groups is 1. The van der Waals surface area contributed by atoms with Crippen molar-refractivity contribution in [2.75, 3.05) is 0 Å². The van der Waals surface area contributed by atoms with Crippen LogP contribution in [0.15, 0.2) is 35.4 Å². The van der Waals surface area contributed by atoms with Gasteiger partial charge in [-0.3, -0.25) is 10.2 Å². The van der Waals surface area contributed by atoms with Crippen molar-refractivity contribution in [3.8, 4) is 0 Å². The smallest absolute Gasteiger partial charge is 0.249 e. The van der Waals surface area contributed by atoms with Gasteiger partial charge in [0.2, 0.25) is 5.91 Å². The van der Waals surface area contributed by atoms with Crippen molar-refractivity contribution >= 4 is 29.5 Å². The van der Waals surface area contributed by atoms with Crippen molar-refractivity contribution in [1.29, 1.82) is 0 Å². The highest BCUT2D eigenvalue weighted by atomic mass is 32.1. The quantitative estimate of drug-likeness (QED) is 0.202. The minimum Gasteiger partial charge on any atom is -0.387 e. The molecular formula is C14H18N4O5S. The van der Waals surface area contributed by atoms with E-state index in [0.29, 0.717) is 0 Å². The van der Waals surface area contributed by atoms with Crippen LogP contribution < -0.4 is 16.5 Å². The van der Waals surface area contributed by atoms with Gasteiger partial charge >= 0.3 is 0 Å². The molecule has 0 bridgehead atoms. The standard InChI is InChI=1S/C14H18N4O5S/c15-12(22)11-9(20)8(19)10(21)13(23-11)17-14(24)18-16-6-7-4-2-1-3-5-7/h1-6,8-11,13,19-21H,(H2,15,22)(H2,17,18,24)/b16-6+/t8-,9-,10+,11-,13+/m0/s1. The van der Waals surface area contributed by atoms with Gasteiger partial charge in [-0.15, -0.1) is 0 Å². The lowest BCUT2D eigenvalue weighted by atomic mass is 9.98. The Morgan fingerprint density at radius 1 is 1.21 bits per heavy atom. The Kier molecular flexibility index (Phi) is 6.17. The number of thiocarbonyl (C=S) groups is 1. The molecule has 2 rings (SSSR count). The second-order valence-electron chi connectivity index (χ2n) is 5.11. The van der Waals surface area contributed by atoms with Crippen LogP contribution in [0.4, 0.5) is 0 Å². The van der Waals surface area contributed by atoms with Crippen LogP contribution in [0.5, 0.6) is 0 Å². The topological polar surface area (TPSA) is 149 Å². The van der Waals surface area contributed by atoms with Crippen molar-refractivity contribution in [2.24, 2.45) is 10.8 Å². The number of hydrazone groups is 1. The molecule has 1 fully saturated rings. The molecule has 5 atom stereocenters. The fourth-order valence-electron chi connectivity index (χ4n) is 2.10. The molecule has 0 aromatic heterocycles. The summed E-state index contributed by atoms with van der Waals surface area (Å²) in [6.07, 6.45) is -5.97. The molecule has 7 N–H and O–H groups in total. The molecule has 9 nitrogen and oxygen atoms in total. The maximum absolute atomic E-state index is 11.2. The number of benzene rings is 1. The summed E-state index contributed by atoms with van der Waals surface area (Å²) in [6, 6.07) is 9.24. The van der Waals surface area contributed by atoms with Gasteiger partial charge in [-0.2, -0.15) is 5.10 Å². The molecule has 0 aliphatic carbocycles. The maximum Gasteiger partial charge on any atom is 0.249 e. The predicted octanol–water partition coefficient (Wildman–Crippen LogP) is -2.22. The first-order valence-corrected chi connectivity index (χ1v) is 7.44. The Labute approximate surface area is 143 Å². The first kappa shape index (κ1) is 18.2. The number of hydrogen-bond acceptors (Lipinski definition) is 7. The maximum atomic E-state index is 11.2. The van der Waals surface area contributed by atoms with Gasteiger partial charge in [-0.1, -0.05) is 30.3 Å². The Morgan fingerprint density at radius 3 is 2.50 bits per heavy atom. The van der Waals surface area contributed by atoms with Crippen molar-refractivity contribution in [1.82, 2.24) is 10.7 Å². The zero-order chi connectivity index (χ0) is 17.7. The van der Waals surface area contributed by atoms with Gasteiger partial charge in [0, 0.05) is 0 Å². The number of amides is 1. The fourth-order valence-corrected chi connectivity index (χ4v) is 2.27. The van der Waals surface area contributed by atoms with Crippen LogP contribution in [0.25, 0.3) is 0 Å². The van der Waals surface area contributed by atoms with E-state index in [0.717, 1.165) is 5.56 Å². The predicted molar refractivity (Wildman–Crippen MR) is 88.8 cm³/mol. The highest BCUT2D eigenvalue weighted by Crippen LogP contribution is 2.19. The van der Waals surface area contributed by atoms with Gasteiger partial charge < -0.3 is 31.1 Å². The van der Waals surface area contributed by atoms with Crippen LogP contribution in [-0.4, -0.2) is 63.2 Å². The fraction of sp³-hybridized carbons (Fsp3) is 0.357. The van der Waals surface area contributed by atoms with E-state index in [2.05, 4.69) is 15.8 Å². The first-order chi connectivity index (χ1) is 11.4. The summed E-state index contributed by atoms with van der Waals surface area (Å²) >= 11 is 4.99. The number of carbonyl (C=O) groups excluding carboxylic acids is 1. The summed E-state index contributed by atoms with van der Waals surface area (Å²) in [5, 5.41) is 35.7. The lowest BCUT2D eigenvalue weighted by molar-refractivity contribution is -0.222. The average molecular weight is 354 g/mol. The van der Waals surface area contributed by atoms with E-state index < -0.39 is 36.6 Å². The molecule has 1 aliphatic heterocycles. The van der Waals surface area contributed by atoms with Gasteiger partial charge in [0.1, 0.15) is 18.3 Å². The Hall–Kier alpha value is -2.11. The third kappa shape index (κ3) is 4.46. The molecule has 1 saturated heterocycles. The zero-order valence-corrected chi connectivity index (χ0v) is 13.3. The number of nitrogens with two attached hydrogens (primary N) is 1. The molecule has 1 heterocycles. The van der Waals surface area contributed by atoms with Crippen LogP contribution in [0.2, 0.25) is 0 Å². The average Bonchev–Trinajstić information content (AvgIpc) is 2.56. The Morgan fingerprint density at radius 2 is 1.88 bits per heavy atom. The SMILES string of the molecule is NC(=O)[C@H]1O[C@@H](NC(=S)N/N=C/c2ccccc2)[C@H](O)[C@@H](O)[C@@H]1O. The van der Waals surface area contributed by atoms with Gasteiger partial charge in [-0.05, 0) is 17.8 Å². The van der Waals surface area contributed by atoms with Gasteiger partial charge in [-0.25, -0.2) is 0 Å². The molecule has 130 valence electrons.